The molecular formula is C12H18ClNO3S. The van der Waals surface area contributed by atoms with Crippen molar-refractivity contribution in [2.24, 2.45) is 0 Å². The minimum absolute atomic E-state index is 0.110. The Morgan fingerprint density at radius 1 is 1.22 bits per heavy atom. The smallest absolute Gasteiger partial charge is 0.261 e. The molecule has 0 aliphatic carbocycles. The summed E-state index contributed by atoms with van der Waals surface area (Å²) in [6.45, 7) is 4.98. The summed E-state index contributed by atoms with van der Waals surface area (Å²) in [5.41, 5.74) is 1.54. The first kappa shape index (κ1) is 15.3. The molecule has 1 rings (SSSR count). The van der Waals surface area contributed by atoms with Crippen molar-refractivity contribution in [3.63, 3.8) is 0 Å². The lowest BCUT2D eigenvalue weighted by Gasteiger charge is -2.15. The summed E-state index contributed by atoms with van der Waals surface area (Å²) in [5, 5.41) is 0. The van der Waals surface area contributed by atoms with Crippen LogP contribution in [0.15, 0.2) is 17.0 Å². The molecule has 0 aliphatic heterocycles. The van der Waals surface area contributed by atoms with Gasteiger partial charge in [-0.3, -0.25) is 0 Å². The van der Waals surface area contributed by atoms with Crippen molar-refractivity contribution in [3.05, 3.63) is 23.3 Å². The molecule has 0 unspecified atom stereocenters. The molecule has 0 saturated carbocycles. The number of aryl methyl sites for hydroxylation is 2. The number of rotatable bonds is 5. The number of likely N-dealkylation sites (N-methyl/N-ethyl adjacent to an activating group) is 1. The first-order valence-corrected chi connectivity index (χ1v) is 7.86. The highest BCUT2D eigenvalue weighted by Crippen LogP contribution is 2.28. The predicted octanol–water partition coefficient (Wildman–Crippen LogP) is 2.17. The van der Waals surface area contributed by atoms with Gasteiger partial charge in [-0.1, -0.05) is 0 Å². The van der Waals surface area contributed by atoms with Crippen LogP contribution in [0.1, 0.15) is 11.1 Å². The SMILES string of the molecule is Cc1cc(S(=O)(=O)Cl)cc(C)c1OCCN(C)C. The van der Waals surface area contributed by atoms with E-state index in [0.717, 1.165) is 23.4 Å². The van der Waals surface area contributed by atoms with Gasteiger partial charge in [0.25, 0.3) is 9.05 Å². The second kappa shape index (κ2) is 5.91. The van der Waals surface area contributed by atoms with E-state index >= 15 is 0 Å². The van der Waals surface area contributed by atoms with E-state index in [-0.39, 0.29) is 4.90 Å². The fraction of sp³-hybridized carbons (Fsp3) is 0.500. The van der Waals surface area contributed by atoms with E-state index in [1.165, 1.54) is 12.1 Å². The molecule has 0 saturated heterocycles. The van der Waals surface area contributed by atoms with E-state index in [1.807, 2.05) is 32.8 Å². The van der Waals surface area contributed by atoms with Crippen LogP contribution in [0.3, 0.4) is 0 Å². The number of nitrogens with zero attached hydrogens (tertiary/aromatic N) is 1. The third-order valence-corrected chi connectivity index (χ3v) is 3.83. The lowest BCUT2D eigenvalue weighted by molar-refractivity contribution is 0.258. The Bertz CT molecular complexity index is 503. The normalized spacial score (nSPS) is 11.9. The molecule has 4 nitrogen and oxygen atoms in total. The van der Waals surface area contributed by atoms with Crippen LogP contribution in [0.25, 0.3) is 0 Å². The number of hydrogen-bond acceptors (Lipinski definition) is 4. The maximum absolute atomic E-state index is 11.3. The molecule has 6 heteroatoms. The van der Waals surface area contributed by atoms with Gasteiger partial charge in [-0.15, -0.1) is 0 Å². The minimum atomic E-state index is -3.69. The molecule has 0 N–H and O–H groups in total. The number of hydrogen-bond donors (Lipinski definition) is 0. The highest BCUT2D eigenvalue weighted by Gasteiger charge is 2.14. The second-order valence-corrected chi connectivity index (χ2v) is 7.04. The van der Waals surface area contributed by atoms with Crippen LogP contribution in [-0.4, -0.2) is 40.6 Å². The van der Waals surface area contributed by atoms with Gasteiger partial charge in [-0.25, -0.2) is 8.42 Å². The zero-order chi connectivity index (χ0) is 13.9. The molecule has 0 aromatic heterocycles. The maximum Gasteiger partial charge on any atom is 0.261 e. The molecule has 0 bridgehead atoms. The quantitative estimate of drug-likeness (QED) is 0.780. The van der Waals surface area contributed by atoms with Gasteiger partial charge in [0.05, 0.1) is 4.90 Å². The predicted molar refractivity (Wildman–Crippen MR) is 73.0 cm³/mol. The monoisotopic (exact) mass is 291 g/mol. The Labute approximate surface area is 113 Å². The van der Waals surface area contributed by atoms with Crippen LogP contribution >= 0.6 is 10.7 Å². The lowest BCUT2D eigenvalue weighted by atomic mass is 10.1. The summed E-state index contributed by atoms with van der Waals surface area (Å²) in [4.78, 5) is 2.13. The third kappa shape index (κ3) is 4.15. The van der Waals surface area contributed by atoms with Gasteiger partial charge in [0.1, 0.15) is 12.4 Å². The van der Waals surface area contributed by atoms with E-state index in [1.54, 1.807) is 0 Å². The number of ether oxygens (including phenoxy) is 1. The summed E-state index contributed by atoms with van der Waals surface area (Å²) in [6.07, 6.45) is 0. The van der Waals surface area contributed by atoms with Crippen LogP contribution in [0.4, 0.5) is 0 Å². The van der Waals surface area contributed by atoms with Crippen molar-refractivity contribution in [1.82, 2.24) is 4.90 Å². The Morgan fingerprint density at radius 2 is 1.72 bits per heavy atom. The molecule has 0 radical (unpaired) electrons. The Kier molecular flexibility index (Phi) is 5.01. The first-order chi connectivity index (χ1) is 8.21. The fourth-order valence-electron chi connectivity index (χ4n) is 1.61. The van der Waals surface area contributed by atoms with Crippen molar-refractivity contribution < 1.29 is 13.2 Å². The molecule has 0 atom stereocenters. The summed E-state index contributed by atoms with van der Waals surface area (Å²) in [5.74, 6) is 0.723. The minimum Gasteiger partial charge on any atom is -0.492 e. The van der Waals surface area contributed by atoms with E-state index in [0.29, 0.717) is 6.61 Å². The Hall–Kier alpha value is -0.780. The summed E-state index contributed by atoms with van der Waals surface area (Å²) >= 11 is 0. The number of benzene rings is 1. The largest absolute Gasteiger partial charge is 0.492 e. The molecule has 1 aromatic carbocycles. The van der Waals surface area contributed by atoms with Crippen LogP contribution in [0, 0.1) is 13.8 Å². The van der Waals surface area contributed by atoms with Crippen LogP contribution in [0.5, 0.6) is 5.75 Å². The first-order valence-electron chi connectivity index (χ1n) is 5.55. The van der Waals surface area contributed by atoms with Gasteiger partial charge in [0.15, 0.2) is 0 Å². The average molecular weight is 292 g/mol. The maximum atomic E-state index is 11.3. The fourth-order valence-corrected chi connectivity index (χ4v) is 2.51. The molecule has 102 valence electrons. The van der Waals surface area contributed by atoms with E-state index < -0.39 is 9.05 Å². The van der Waals surface area contributed by atoms with Gasteiger partial charge in [-0.2, -0.15) is 0 Å². The molecule has 0 spiro atoms. The van der Waals surface area contributed by atoms with Crippen molar-refractivity contribution >= 4 is 19.7 Å². The second-order valence-electron chi connectivity index (χ2n) is 4.48. The van der Waals surface area contributed by atoms with Gasteiger partial charge in [0.2, 0.25) is 0 Å². The van der Waals surface area contributed by atoms with Crippen LogP contribution in [0.2, 0.25) is 0 Å². The van der Waals surface area contributed by atoms with Crippen molar-refractivity contribution in [2.45, 2.75) is 18.7 Å². The standard InChI is InChI=1S/C12H18ClNO3S/c1-9-7-11(18(13,15)16)8-10(2)12(9)17-6-5-14(3)4/h7-8H,5-6H2,1-4H3. The summed E-state index contributed by atoms with van der Waals surface area (Å²) in [7, 11) is 5.56. The summed E-state index contributed by atoms with van der Waals surface area (Å²) in [6, 6.07) is 3.06. The highest BCUT2D eigenvalue weighted by molar-refractivity contribution is 8.13. The van der Waals surface area contributed by atoms with Crippen molar-refractivity contribution in [3.8, 4) is 5.75 Å². The van der Waals surface area contributed by atoms with E-state index in [2.05, 4.69) is 0 Å². The van der Waals surface area contributed by atoms with Gasteiger partial charge in [-0.05, 0) is 51.2 Å². The topological polar surface area (TPSA) is 46.6 Å². The van der Waals surface area contributed by atoms with Crippen molar-refractivity contribution in [1.29, 1.82) is 0 Å². The van der Waals surface area contributed by atoms with Crippen LogP contribution in [-0.2, 0) is 9.05 Å². The molecular weight excluding hydrogens is 274 g/mol. The van der Waals surface area contributed by atoms with Gasteiger partial charge in [0, 0.05) is 17.2 Å². The van der Waals surface area contributed by atoms with E-state index in [4.69, 9.17) is 15.4 Å². The summed E-state index contributed by atoms with van der Waals surface area (Å²) < 4.78 is 28.2. The van der Waals surface area contributed by atoms with Gasteiger partial charge >= 0.3 is 0 Å². The van der Waals surface area contributed by atoms with Crippen molar-refractivity contribution in [2.75, 3.05) is 27.2 Å². The molecule has 0 heterocycles. The molecule has 0 aliphatic rings. The molecule has 0 fully saturated rings. The van der Waals surface area contributed by atoms with Crippen LogP contribution < -0.4 is 4.74 Å². The average Bonchev–Trinajstić information content (AvgIpc) is 2.20. The Morgan fingerprint density at radius 3 is 2.11 bits per heavy atom. The van der Waals surface area contributed by atoms with E-state index in [9.17, 15) is 8.42 Å². The Balaban J connectivity index is 2.95. The lowest BCUT2D eigenvalue weighted by Crippen LogP contribution is -2.20. The molecule has 18 heavy (non-hydrogen) atoms. The molecule has 1 aromatic rings. The molecule has 0 amide bonds. The zero-order valence-electron chi connectivity index (χ0n) is 11.0. The number of halogens is 1. The zero-order valence-corrected chi connectivity index (χ0v) is 12.6. The highest BCUT2D eigenvalue weighted by atomic mass is 35.7. The third-order valence-electron chi connectivity index (χ3n) is 2.50. The van der Waals surface area contributed by atoms with Gasteiger partial charge < -0.3 is 9.64 Å².